The number of hydrogen-bond acceptors (Lipinski definition) is 12. The molecule has 24 heteroatoms. The Kier molecular flexibility index (Phi) is 51.4. The van der Waals surface area contributed by atoms with Gasteiger partial charge >= 0.3 is 7.60 Å². The number of nitrogens with zero attached hydrogens (tertiary/aromatic N) is 3. The SMILES string of the molecule is O=P([O-])([O-])CN(CCN(CCO)CCN(CP(=O)([O-])O)CP(=O)([O-])O)CP(=O)(O)O.[CH3+].[CH3+].[CH3+].[CH3+].[Y].[Y].[Y].[Y]. The van der Waals surface area contributed by atoms with E-state index < -0.39 is 62.1 Å². The molecule has 0 saturated carbocycles. The van der Waals surface area contributed by atoms with E-state index >= 15 is 0 Å². The molecule has 38 heavy (non-hydrogen) atoms. The minimum Gasteiger partial charge on any atom is -0.810 e. The van der Waals surface area contributed by atoms with Gasteiger partial charge in [0.1, 0.15) is 21.5 Å². The first-order valence-corrected chi connectivity index (χ1v) is 15.2. The second-order valence-corrected chi connectivity index (χ2v) is 12.7. The molecule has 0 aromatic heterocycles. The van der Waals surface area contributed by atoms with Crippen LogP contribution >= 0.6 is 30.4 Å². The molecule has 0 fully saturated rings. The Morgan fingerprint density at radius 3 is 1.03 bits per heavy atom. The molecule has 0 amide bonds. The van der Waals surface area contributed by atoms with E-state index in [2.05, 4.69) is 0 Å². The molecule has 16 nitrogen and oxygen atoms in total. The van der Waals surface area contributed by atoms with Crippen LogP contribution in [-0.2, 0) is 149 Å². The van der Waals surface area contributed by atoms with E-state index in [-0.39, 0.29) is 193 Å². The van der Waals surface area contributed by atoms with Crippen LogP contribution in [0.4, 0.5) is 0 Å². The van der Waals surface area contributed by atoms with Gasteiger partial charge in [-0.3, -0.25) is 19.3 Å². The summed E-state index contributed by atoms with van der Waals surface area (Å²) in [6, 6.07) is 0. The summed E-state index contributed by atoms with van der Waals surface area (Å²) in [4.78, 5) is 82.5. The molecule has 5 N–H and O–H groups in total. The quantitative estimate of drug-likeness (QED) is 0.0749. The Hall–Kier alpha value is 4.34. The summed E-state index contributed by atoms with van der Waals surface area (Å²) in [6.45, 7) is -1.46. The molecule has 2 unspecified atom stereocenters. The molecule has 0 aromatic rings. The number of rotatable bonds is 16. The Bertz CT molecular complexity index is 619. The van der Waals surface area contributed by atoms with Crippen LogP contribution in [0, 0.1) is 29.7 Å². The summed E-state index contributed by atoms with van der Waals surface area (Å²) in [7, 11) is -19.7. The molecular formula is C14H37N3O13P4Y4. The fourth-order valence-corrected chi connectivity index (χ4v) is 5.73. The number of aliphatic hydroxyl groups excluding tert-OH is 1. The van der Waals surface area contributed by atoms with E-state index in [9.17, 15) is 37.8 Å². The zero-order valence-corrected chi connectivity index (χ0v) is 36.9. The summed E-state index contributed by atoms with van der Waals surface area (Å²) < 4.78 is 44.1. The smallest absolute Gasteiger partial charge is 0.339 e. The van der Waals surface area contributed by atoms with Crippen LogP contribution in [0.15, 0.2) is 0 Å². The van der Waals surface area contributed by atoms with E-state index in [4.69, 9.17) is 24.7 Å². The van der Waals surface area contributed by atoms with Gasteiger partial charge in [-0.05, 0) is 0 Å². The van der Waals surface area contributed by atoms with Crippen molar-refractivity contribution in [3.63, 3.8) is 0 Å². The van der Waals surface area contributed by atoms with Crippen molar-refractivity contribution in [2.24, 2.45) is 0 Å². The maximum Gasteiger partial charge on any atom is 0.339 e. The third kappa shape index (κ3) is 44.8. The van der Waals surface area contributed by atoms with Crippen molar-refractivity contribution in [3.05, 3.63) is 29.7 Å². The van der Waals surface area contributed by atoms with Crippen molar-refractivity contribution in [3.8, 4) is 0 Å². The predicted octanol–water partition coefficient (Wildman–Crippen LogP) is -3.31. The van der Waals surface area contributed by atoms with Gasteiger partial charge in [-0.2, -0.15) is 0 Å². The minimum atomic E-state index is -5.14. The van der Waals surface area contributed by atoms with Gasteiger partial charge in [0, 0.05) is 200 Å². The molecule has 0 aliphatic carbocycles. The van der Waals surface area contributed by atoms with Crippen molar-refractivity contribution in [2.75, 3.05) is 64.5 Å². The van der Waals surface area contributed by atoms with Crippen molar-refractivity contribution in [2.45, 2.75) is 0 Å². The molecule has 2 atom stereocenters. The van der Waals surface area contributed by atoms with Gasteiger partial charge in [-0.25, -0.2) is 0 Å². The van der Waals surface area contributed by atoms with Gasteiger partial charge in [-0.15, -0.1) is 0 Å². The first kappa shape index (κ1) is 65.1. The molecule has 218 valence electrons. The zero-order chi connectivity index (χ0) is 23.8. The molecule has 0 aromatic carbocycles. The molecule has 0 saturated heterocycles. The van der Waals surface area contributed by atoms with E-state index in [1.54, 1.807) is 0 Å². The molecule has 0 bridgehead atoms. The Balaban J connectivity index is -0.000000150. The summed E-state index contributed by atoms with van der Waals surface area (Å²) in [6.07, 6.45) is -4.36. The average molecular weight is 935 g/mol. The topological polar surface area (TPSA) is 271 Å². The van der Waals surface area contributed by atoms with Crippen LogP contribution in [0.2, 0.25) is 0 Å². The van der Waals surface area contributed by atoms with Crippen LogP contribution in [0.25, 0.3) is 0 Å². The monoisotopic (exact) mass is 935 g/mol. The van der Waals surface area contributed by atoms with Gasteiger partial charge in [0.25, 0.3) is 0 Å². The standard InChI is InChI=1S/C10H29N3O13P4.4CH3.4Y/c14-6-5-11(1-3-12(7-27(15,16)17)8-28(18,19)20)2-4-13(9-29(21,22)23)10-30(24,25)26;;;;;;;;/h14H,1-10H2,(H2,15,16,17)(H2,18,19,20)(H2,21,22,23)(H2,24,25,26);4*1H3;;;;/q;4*+1;;;;/p-4. The third-order valence-electron chi connectivity index (χ3n) is 3.40. The van der Waals surface area contributed by atoms with Gasteiger partial charge < -0.3 is 57.9 Å². The maximum absolute atomic E-state index is 11.1. The van der Waals surface area contributed by atoms with Gasteiger partial charge in [0.2, 0.25) is 0 Å². The fraction of sp³-hybridized carbons (Fsp3) is 0.714. The summed E-state index contributed by atoms with van der Waals surface area (Å²) in [5, 5.41) is 9.11. The van der Waals surface area contributed by atoms with Crippen LogP contribution in [-0.4, -0.2) is 104 Å². The van der Waals surface area contributed by atoms with E-state index in [0.717, 1.165) is 0 Å². The minimum absolute atomic E-state index is 0. The molecule has 4 radical (unpaired) electrons. The first-order valence-electron chi connectivity index (χ1n) is 8.19. The van der Waals surface area contributed by atoms with Crippen LogP contribution < -0.4 is 19.6 Å². The van der Waals surface area contributed by atoms with Crippen LogP contribution in [0.5, 0.6) is 0 Å². The van der Waals surface area contributed by atoms with E-state index in [1.807, 2.05) is 0 Å². The van der Waals surface area contributed by atoms with Crippen molar-refractivity contribution in [1.82, 2.24) is 14.7 Å². The van der Waals surface area contributed by atoms with Crippen LogP contribution in [0.3, 0.4) is 0 Å². The molecular weight excluding hydrogens is 898 g/mol. The number of aliphatic hydroxyl groups is 1. The number of hydrogen-bond donors (Lipinski definition) is 5. The Morgan fingerprint density at radius 1 is 0.500 bits per heavy atom. The van der Waals surface area contributed by atoms with Crippen molar-refractivity contribution in [1.29, 1.82) is 0 Å². The molecule has 0 aliphatic rings. The van der Waals surface area contributed by atoms with Crippen molar-refractivity contribution >= 4 is 30.4 Å². The molecule has 0 rings (SSSR count). The van der Waals surface area contributed by atoms with Crippen LogP contribution in [0.1, 0.15) is 0 Å². The van der Waals surface area contributed by atoms with Gasteiger partial charge in [0.05, 0.1) is 19.2 Å². The second kappa shape index (κ2) is 30.0. The largest absolute Gasteiger partial charge is 0.810 e. The third-order valence-corrected chi connectivity index (χ3v) is 6.43. The van der Waals surface area contributed by atoms with Gasteiger partial charge in [0.15, 0.2) is 0 Å². The zero-order valence-electron chi connectivity index (χ0n) is 22.0. The van der Waals surface area contributed by atoms with E-state index in [0.29, 0.717) is 9.80 Å². The fourth-order valence-electron chi connectivity index (χ4n) is 2.43. The normalized spacial score (nSPS) is 13.8. The van der Waals surface area contributed by atoms with Crippen molar-refractivity contribution < 1.29 is 193 Å². The summed E-state index contributed by atoms with van der Waals surface area (Å²) >= 11 is 0. The van der Waals surface area contributed by atoms with E-state index in [1.165, 1.54) is 4.90 Å². The first-order chi connectivity index (χ1) is 13.3. The molecule has 0 heterocycles. The second-order valence-electron chi connectivity index (χ2n) is 6.47. The predicted molar refractivity (Wildman–Crippen MR) is 121 cm³/mol. The average Bonchev–Trinajstić information content (AvgIpc) is 2.43. The van der Waals surface area contributed by atoms with Gasteiger partial charge in [-0.1, -0.05) is 7.60 Å². The Morgan fingerprint density at radius 2 is 0.789 bits per heavy atom. The molecule has 0 aliphatic heterocycles. The summed E-state index contributed by atoms with van der Waals surface area (Å²) in [5.41, 5.74) is 0. The molecule has 0 spiro atoms. The summed E-state index contributed by atoms with van der Waals surface area (Å²) in [5.74, 6) is 0. The maximum atomic E-state index is 11.1. The Labute approximate surface area is 327 Å².